The first-order valence-electron chi connectivity index (χ1n) is 10.9. The molecule has 0 aromatic heterocycles. The van der Waals surface area contributed by atoms with Crippen molar-refractivity contribution in [2.75, 3.05) is 14.2 Å². The molecule has 194 valence electrons. The minimum Gasteiger partial charge on any atom is -0.480 e. The van der Waals surface area contributed by atoms with E-state index in [-0.39, 0.29) is 23.0 Å². The number of esters is 5. The van der Waals surface area contributed by atoms with Crippen molar-refractivity contribution in [3.8, 4) is 23.0 Å². The van der Waals surface area contributed by atoms with Crippen LogP contribution in [0.2, 0.25) is 0 Å². The van der Waals surface area contributed by atoms with E-state index in [0.29, 0.717) is 16.7 Å². The number of rotatable bonds is 7. The molecule has 11 nitrogen and oxygen atoms in total. The minimum absolute atomic E-state index is 0.00702. The molecule has 0 aliphatic carbocycles. The van der Waals surface area contributed by atoms with Gasteiger partial charge in [0.1, 0.15) is 12.0 Å². The zero-order chi connectivity index (χ0) is 27.3. The molecule has 1 aliphatic heterocycles. The third-order valence-corrected chi connectivity index (χ3v) is 5.11. The van der Waals surface area contributed by atoms with Crippen molar-refractivity contribution in [3.05, 3.63) is 53.1 Å². The van der Waals surface area contributed by atoms with Crippen LogP contribution in [0.5, 0.6) is 23.0 Å². The van der Waals surface area contributed by atoms with E-state index in [4.69, 9.17) is 23.7 Å². The number of methoxy groups -OCH3 is 2. The molecule has 0 bridgehead atoms. The molecular formula is C26H24O11. The van der Waals surface area contributed by atoms with Crippen LogP contribution in [-0.2, 0) is 33.4 Å². The maximum absolute atomic E-state index is 12.9. The largest absolute Gasteiger partial charge is 0.480 e. The summed E-state index contributed by atoms with van der Waals surface area (Å²) in [6.45, 7) is 3.57. The summed E-state index contributed by atoms with van der Waals surface area (Å²) in [4.78, 5) is 59.4. The number of ether oxygens (including phenoxy) is 6. The highest BCUT2D eigenvalue weighted by Crippen LogP contribution is 2.52. The first kappa shape index (κ1) is 26.9. The molecule has 0 radical (unpaired) electrons. The smallest absolute Gasteiger partial charge is 0.330 e. The predicted octanol–water partition coefficient (Wildman–Crippen LogP) is 3.04. The van der Waals surface area contributed by atoms with E-state index in [9.17, 15) is 24.0 Å². The third-order valence-electron chi connectivity index (χ3n) is 5.11. The van der Waals surface area contributed by atoms with Crippen molar-refractivity contribution in [2.24, 2.45) is 0 Å². The predicted molar refractivity (Wildman–Crippen MR) is 126 cm³/mol. The molecule has 0 saturated heterocycles. The van der Waals surface area contributed by atoms with E-state index in [1.807, 2.05) is 0 Å². The molecule has 0 fully saturated rings. The Morgan fingerprint density at radius 1 is 0.784 bits per heavy atom. The van der Waals surface area contributed by atoms with Crippen molar-refractivity contribution < 1.29 is 52.4 Å². The topological polar surface area (TPSA) is 141 Å². The number of benzene rings is 2. The van der Waals surface area contributed by atoms with Gasteiger partial charge in [-0.1, -0.05) is 6.07 Å². The SMILES string of the molecule is COC(=O)/C=C/c1cc(OC(C)=O)c2c(c1)C(C(=O)OC)C(c1ccc(OC(C)=O)c(OC(C)=O)c1)O2. The normalized spacial score (nSPS) is 15.8. The summed E-state index contributed by atoms with van der Waals surface area (Å²) >= 11 is 0. The van der Waals surface area contributed by atoms with E-state index < -0.39 is 41.9 Å². The highest BCUT2D eigenvalue weighted by Gasteiger charge is 2.44. The quantitative estimate of drug-likeness (QED) is 0.307. The first-order chi connectivity index (χ1) is 17.5. The van der Waals surface area contributed by atoms with E-state index in [0.717, 1.165) is 0 Å². The molecule has 0 saturated carbocycles. The molecule has 1 heterocycles. The maximum atomic E-state index is 12.9. The molecule has 2 aromatic carbocycles. The minimum atomic E-state index is -1.04. The van der Waals surface area contributed by atoms with E-state index >= 15 is 0 Å². The van der Waals surface area contributed by atoms with E-state index in [2.05, 4.69) is 4.74 Å². The standard InChI is InChI=1S/C26H24O11/c1-13(27)34-19-8-7-17(12-20(19)35-14(2)28)24-23(26(31)33-5)18-10-16(6-9-22(30)32-4)11-21(25(18)37-24)36-15(3)29/h6-12,23-24H,1-5H3/b9-6+. The van der Waals surface area contributed by atoms with Gasteiger partial charge in [0.25, 0.3) is 0 Å². The second-order valence-corrected chi connectivity index (χ2v) is 7.82. The second kappa shape index (κ2) is 11.4. The zero-order valence-corrected chi connectivity index (χ0v) is 20.7. The van der Waals surface area contributed by atoms with Crippen LogP contribution < -0.4 is 18.9 Å². The summed E-state index contributed by atoms with van der Waals surface area (Å²) in [5, 5.41) is 0. The van der Waals surface area contributed by atoms with Crippen LogP contribution in [0.4, 0.5) is 0 Å². The number of carbonyl (C=O) groups is 5. The molecule has 0 amide bonds. The van der Waals surface area contributed by atoms with Gasteiger partial charge in [-0.05, 0) is 41.5 Å². The van der Waals surface area contributed by atoms with Crippen LogP contribution in [0, 0.1) is 0 Å². The van der Waals surface area contributed by atoms with E-state index in [1.54, 1.807) is 6.07 Å². The Kier molecular flexibility index (Phi) is 8.28. The summed E-state index contributed by atoms with van der Waals surface area (Å²) < 4.78 is 31.3. The molecular weight excluding hydrogens is 488 g/mol. The molecule has 0 N–H and O–H groups in total. The van der Waals surface area contributed by atoms with Gasteiger partial charge < -0.3 is 28.4 Å². The van der Waals surface area contributed by atoms with Crippen molar-refractivity contribution in [1.29, 1.82) is 0 Å². The van der Waals surface area contributed by atoms with Gasteiger partial charge in [-0.25, -0.2) is 4.79 Å². The molecule has 2 unspecified atom stereocenters. The summed E-state index contributed by atoms with van der Waals surface area (Å²) in [6.07, 6.45) is 1.59. The monoisotopic (exact) mass is 512 g/mol. The van der Waals surface area contributed by atoms with Gasteiger partial charge in [0.2, 0.25) is 0 Å². The highest BCUT2D eigenvalue weighted by molar-refractivity contribution is 5.88. The summed E-state index contributed by atoms with van der Waals surface area (Å²) in [6, 6.07) is 7.37. The lowest BCUT2D eigenvalue weighted by atomic mass is 9.90. The Morgan fingerprint density at radius 2 is 1.41 bits per heavy atom. The lowest BCUT2D eigenvalue weighted by molar-refractivity contribution is -0.144. The Labute approximate surface area is 211 Å². The van der Waals surface area contributed by atoms with Crippen LogP contribution in [0.1, 0.15) is 49.5 Å². The Bertz CT molecular complexity index is 1290. The summed E-state index contributed by atoms with van der Waals surface area (Å²) in [5.41, 5.74) is 1.13. The van der Waals surface area contributed by atoms with Gasteiger partial charge >= 0.3 is 29.8 Å². The van der Waals surface area contributed by atoms with Gasteiger partial charge in [-0.2, -0.15) is 0 Å². The van der Waals surface area contributed by atoms with Crippen LogP contribution >= 0.6 is 0 Å². The van der Waals surface area contributed by atoms with Gasteiger partial charge in [-0.3, -0.25) is 19.2 Å². The zero-order valence-electron chi connectivity index (χ0n) is 20.7. The van der Waals surface area contributed by atoms with Gasteiger partial charge in [0.05, 0.1) is 14.2 Å². The van der Waals surface area contributed by atoms with Gasteiger partial charge in [-0.15, -0.1) is 0 Å². The lowest BCUT2D eigenvalue weighted by Gasteiger charge is -2.19. The molecule has 1 aliphatic rings. The fourth-order valence-corrected chi connectivity index (χ4v) is 3.73. The Morgan fingerprint density at radius 3 is 2.00 bits per heavy atom. The number of fused-ring (bicyclic) bond motifs is 1. The van der Waals surface area contributed by atoms with Gasteiger partial charge in [0.15, 0.2) is 23.0 Å². The number of hydrogen-bond acceptors (Lipinski definition) is 11. The second-order valence-electron chi connectivity index (χ2n) is 7.82. The van der Waals surface area contributed by atoms with Crippen molar-refractivity contribution in [3.63, 3.8) is 0 Å². The van der Waals surface area contributed by atoms with Crippen molar-refractivity contribution in [1.82, 2.24) is 0 Å². The van der Waals surface area contributed by atoms with Crippen LogP contribution in [0.15, 0.2) is 36.4 Å². The Hall–Kier alpha value is -4.67. The lowest BCUT2D eigenvalue weighted by Crippen LogP contribution is -2.20. The number of hydrogen-bond donors (Lipinski definition) is 0. The number of carbonyl (C=O) groups excluding carboxylic acids is 5. The van der Waals surface area contributed by atoms with E-state index in [1.165, 1.54) is 71.4 Å². The van der Waals surface area contributed by atoms with Crippen LogP contribution in [-0.4, -0.2) is 44.1 Å². The molecule has 37 heavy (non-hydrogen) atoms. The van der Waals surface area contributed by atoms with Gasteiger partial charge in [0, 0.05) is 32.4 Å². The van der Waals surface area contributed by atoms with Crippen LogP contribution in [0.3, 0.4) is 0 Å². The Balaban J connectivity index is 2.15. The first-order valence-corrected chi connectivity index (χ1v) is 10.9. The fourth-order valence-electron chi connectivity index (χ4n) is 3.73. The molecule has 2 atom stereocenters. The maximum Gasteiger partial charge on any atom is 0.330 e. The summed E-state index contributed by atoms with van der Waals surface area (Å²) in [5.74, 6) is -4.18. The molecule has 11 heteroatoms. The third kappa shape index (κ3) is 6.31. The average molecular weight is 512 g/mol. The fraction of sp³-hybridized carbons (Fsp3) is 0.269. The van der Waals surface area contributed by atoms with Crippen LogP contribution in [0.25, 0.3) is 6.08 Å². The summed E-state index contributed by atoms with van der Waals surface area (Å²) in [7, 11) is 2.43. The van der Waals surface area contributed by atoms with Crippen molar-refractivity contribution >= 4 is 35.9 Å². The molecule has 3 rings (SSSR count). The molecule has 2 aromatic rings. The van der Waals surface area contributed by atoms with Crippen molar-refractivity contribution in [2.45, 2.75) is 32.8 Å². The average Bonchev–Trinajstić information content (AvgIpc) is 3.22. The molecule has 0 spiro atoms. The highest BCUT2D eigenvalue weighted by atomic mass is 16.6.